The molecular formula is C13H17N3O5. The van der Waals surface area contributed by atoms with Crippen molar-refractivity contribution in [2.45, 2.75) is 19.8 Å². The maximum Gasteiger partial charge on any atom is 0.335 e. The highest BCUT2D eigenvalue weighted by atomic mass is 16.6. The molecule has 1 aromatic carbocycles. The number of hydrogen-bond donors (Lipinski definition) is 2. The highest BCUT2D eigenvalue weighted by Gasteiger charge is 2.22. The Morgan fingerprint density at radius 2 is 2.10 bits per heavy atom. The molecular weight excluding hydrogens is 278 g/mol. The van der Waals surface area contributed by atoms with Crippen molar-refractivity contribution in [3.8, 4) is 0 Å². The Balaban J connectivity index is 3.24. The summed E-state index contributed by atoms with van der Waals surface area (Å²) >= 11 is 0. The molecule has 0 saturated carbocycles. The maximum atomic E-state index is 11.1. The SMILES string of the molecule is CCCCN(CC(N)=O)c1ccc(C(=O)O)cc1[N+](=O)[O-]. The van der Waals surface area contributed by atoms with Gasteiger partial charge in [-0.3, -0.25) is 14.9 Å². The van der Waals surface area contributed by atoms with Crippen LogP contribution in [0.1, 0.15) is 30.1 Å². The normalized spacial score (nSPS) is 10.1. The van der Waals surface area contributed by atoms with Crippen LogP contribution < -0.4 is 10.6 Å². The highest BCUT2D eigenvalue weighted by molar-refractivity contribution is 5.90. The van der Waals surface area contributed by atoms with Gasteiger partial charge < -0.3 is 15.7 Å². The molecule has 0 aliphatic heterocycles. The number of rotatable bonds is 8. The van der Waals surface area contributed by atoms with E-state index in [1.54, 1.807) is 0 Å². The second-order valence-corrected chi connectivity index (χ2v) is 4.51. The van der Waals surface area contributed by atoms with Crippen molar-refractivity contribution in [2.24, 2.45) is 5.73 Å². The molecule has 1 amide bonds. The Hall–Kier alpha value is -2.64. The molecule has 0 aromatic heterocycles. The zero-order valence-corrected chi connectivity index (χ0v) is 11.6. The molecule has 0 heterocycles. The first-order chi connectivity index (χ1) is 9.86. The molecule has 114 valence electrons. The van der Waals surface area contributed by atoms with Crippen LogP contribution in [0.5, 0.6) is 0 Å². The second kappa shape index (κ2) is 7.22. The third-order valence-corrected chi connectivity index (χ3v) is 2.89. The molecule has 1 aromatic rings. The lowest BCUT2D eigenvalue weighted by atomic mass is 10.1. The van der Waals surface area contributed by atoms with Gasteiger partial charge in [0, 0.05) is 12.6 Å². The maximum absolute atomic E-state index is 11.1. The van der Waals surface area contributed by atoms with Crippen molar-refractivity contribution in [3.05, 3.63) is 33.9 Å². The van der Waals surface area contributed by atoms with Crippen LogP contribution in [0.25, 0.3) is 0 Å². The fourth-order valence-electron chi connectivity index (χ4n) is 1.89. The van der Waals surface area contributed by atoms with Gasteiger partial charge in [-0.2, -0.15) is 0 Å². The summed E-state index contributed by atoms with van der Waals surface area (Å²) in [5.41, 5.74) is 4.82. The van der Waals surface area contributed by atoms with Gasteiger partial charge >= 0.3 is 5.97 Å². The molecule has 0 atom stereocenters. The molecule has 0 spiro atoms. The molecule has 0 aliphatic carbocycles. The largest absolute Gasteiger partial charge is 0.478 e. The number of carbonyl (C=O) groups excluding carboxylic acids is 1. The first-order valence-electron chi connectivity index (χ1n) is 6.41. The number of amides is 1. The molecule has 0 bridgehead atoms. The Kier molecular flexibility index (Phi) is 5.65. The van der Waals surface area contributed by atoms with Crippen LogP contribution in [0.15, 0.2) is 18.2 Å². The Morgan fingerprint density at radius 3 is 2.57 bits per heavy atom. The van der Waals surface area contributed by atoms with Crippen molar-refractivity contribution in [2.75, 3.05) is 18.0 Å². The number of aromatic carboxylic acids is 1. The lowest BCUT2D eigenvalue weighted by Gasteiger charge is -2.23. The Bertz CT molecular complexity index is 559. The van der Waals surface area contributed by atoms with Gasteiger partial charge in [-0.05, 0) is 18.6 Å². The van der Waals surface area contributed by atoms with E-state index in [4.69, 9.17) is 10.8 Å². The number of carbonyl (C=O) groups is 2. The first kappa shape index (κ1) is 16.4. The predicted octanol–water partition coefficient (Wildman–Crippen LogP) is 1.38. The van der Waals surface area contributed by atoms with Gasteiger partial charge in [0.1, 0.15) is 5.69 Å². The molecule has 0 unspecified atom stereocenters. The lowest BCUT2D eigenvalue weighted by Crippen LogP contribution is -2.35. The van der Waals surface area contributed by atoms with E-state index >= 15 is 0 Å². The van der Waals surface area contributed by atoms with E-state index in [9.17, 15) is 19.7 Å². The minimum absolute atomic E-state index is 0.159. The average Bonchev–Trinajstić information content (AvgIpc) is 2.42. The minimum atomic E-state index is -1.25. The summed E-state index contributed by atoms with van der Waals surface area (Å²) in [5.74, 6) is -1.86. The topological polar surface area (TPSA) is 127 Å². The summed E-state index contributed by atoms with van der Waals surface area (Å²) in [5, 5.41) is 20.0. The zero-order valence-electron chi connectivity index (χ0n) is 11.6. The second-order valence-electron chi connectivity index (χ2n) is 4.51. The standard InChI is InChI=1S/C13H17N3O5/c1-2-3-6-15(8-12(14)17)10-5-4-9(13(18)19)7-11(10)16(20)21/h4-5,7H,2-3,6,8H2,1H3,(H2,14,17)(H,18,19). The summed E-state index contributed by atoms with van der Waals surface area (Å²) in [4.78, 5) is 34.0. The Morgan fingerprint density at radius 1 is 1.43 bits per heavy atom. The van der Waals surface area contributed by atoms with Crippen molar-refractivity contribution in [3.63, 3.8) is 0 Å². The molecule has 8 heteroatoms. The van der Waals surface area contributed by atoms with Gasteiger partial charge in [0.05, 0.1) is 17.0 Å². The monoisotopic (exact) mass is 295 g/mol. The van der Waals surface area contributed by atoms with Crippen LogP contribution in [0.4, 0.5) is 11.4 Å². The molecule has 21 heavy (non-hydrogen) atoms. The zero-order chi connectivity index (χ0) is 16.0. The number of nitro benzene ring substituents is 1. The number of benzene rings is 1. The summed E-state index contributed by atoms with van der Waals surface area (Å²) in [6.45, 7) is 2.21. The van der Waals surface area contributed by atoms with Crippen molar-refractivity contribution in [1.29, 1.82) is 0 Å². The van der Waals surface area contributed by atoms with Gasteiger partial charge in [0.15, 0.2) is 0 Å². The molecule has 3 N–H and O–H groups in total. The van der Waals surface area contributed by atoms with Gasteiger partial charge in [0.25, 0.3) is 5.69 Å². The van der Waals surface area contributed by atoms with Crippen molar-refractivity contribution >= 4 is 23.3 Å². The van der Waals surface area contributed by atoms with Gasteiger partial charge in [-0.25, -0.2) is 4.79 Å². The number of nitrogens with two attached hydrogens (primary N) is 1. The first-order valence-corrected chi connectivity index (χ1v) is 6.41. The van der Waals surface area contributed by atoms with Crippen LogP contribution >= 0.6 is 0 Å². The minimum Gasteiger partial charge on any atom is -0.478 e. The number of anilines is 1. The van der Waals surface area contributed by atoms with E-state index in [1.165, 1.54) is 17.0 Å². The number of hydrogen-bond acceptors (Lipinski definition) is 5. The summed E-state index contributed by atoms with van der Waals surface area (Å²) < 4.78 is 0. The number of carboxylic acid groups (broad SMARTS) is 1. The average molecular weight is 295 g/mol. The van der Waals surface area contributed by atoms with E-state index < -0.39 is 16.8 Å². The molecule has 0 saturated heterocycles. The highest BCUT2D eigenvalue weighted by Crippen LogP contribution is 2.29. The summed E-state index contributed by atoms with van der Waals surface area (Å²) in [7, 11) is 0. The van der Waals surface area contributed by atoms with Crippen LogP contribution in [0.3, 0.4) is 0 Å². The van der Waals surface area contributed by atoms with E-state index in [2.05, 4.69) is 0 Å². The third-order valence-electron chi connectivity index (χ3n) is 2.89. The van der Waals surface area contributed by atoms with Gasteiger partial charge in [0.2, 0.25) is 5.91 Å². The van der Waals surface area contributed by atoms with Crippen LogP contribution in [0.2, 0.25) is 0 Å². The number of carboxylic acids is 1. The van der Waals surface area contributed by atoms with Crippen molar-refractivity contribution < 1.29 is 19.6 Å². The molecule has 1 rings (SSSR count). The predicted molar refractivity (Wildman–Crippen MR) is 76.4 cm³/mol. The Labute approximate surface area is 121 Å². The molecule has 8 nitrogen and oxygen atoms in total. The van der Waals surface area contributed by atoms with E-state index in [0.29, 0.717) is 6.54 Å². The number of nitro groups is 1. The van der Waals surface area contributed by atoms with Crippen LogP contribution in [0, 0.1) is 10.1 Å². The molecule has 0 radical (unpaired) electrons. The fourth-order valence-corrected chi connectivity index (χ4v) is 1.89. The number of nitrogens with zero attached hydrogens (tertiary/aromatic N) is 2. The smallest absolute Gasteiger partial charge is 0.335 e. The molecule has 0 fully saturated rings. The number of unbranched alkanes of at least 4 members (excludes halogenated alkanes) is 1. The van der Waals surface area contributed by atoms with Gasteiger partial charge in [-0.15, -0.1) is 0 Å². The van der Waals surface area contributed by atoms with Crippen molar-refractivity contribution in [1.82, 2.24) is 0 Å². The van der Waals surface area contributed by atoms with Gasteiger partial charge in [-0.1, -0.05) is 13.3 Å². The van der Waals surface area contributed by atoms with E-state index in [-0.39, 0.29) is 23.5 Å². The number of primary amides is 1. The molecule has 0 aliphatic rings. The summed E-state index contributed by atoms with van der Waals surface area (Å²) in [6.07, 6.45) is 1.57. The quantitative estimate of drug-likeness (QED) is 0.551. The van der Waals surface area contributed by atoms with E-state index in [1.807, 2.05) is 6.92 Å². The lowest BCUT2D eigenvalue weighted by molar-refractivity contribution is -0.384. The third kappa shape index (κ3) is 4.44. The van der Waals surface area contributed by atoms with Crippen LogP contribution in [-0.4, -0.2) is 35.0 Å². The summed E-state index contributed by atoms with van der Waals surface area (Å²) in [6, 6.07) is 3.59. The fraction of sp³-hybridized carbons (Fsp3) is 0.385. The van der Waals surface area contributed by atoms with Crippen LogP contribution in [-0.2, 0) is 4.79 Å². The van der Waals surface area contributed by atoms with E-state index in [0.717, 1.165) is 18.9 Å².